The van der Waals surface area contributed by atoms with Gasteiger partial charge in [-0.1, -0.05) is 12.1 Å². The van der Waals surface area contributed by atoms with E-state index in [4.69, 9.17) is 0 Å². The van der Waals surface area contributed by atoms with E-state index < -0.39 is 0 Å². The Kier molecular flexibility index (Phi) is 4.10. The van der Waals surface area contributed by atoms with Crippen LogP contribution >= 0.6 is 11.3 Å². The average molecular weight is 365 g/mol. The predicted molar refractivity (Wildman–Crippen MR) is 100 cm³/mol. The van der Waals surface area contributed by atoms with Gasteiger partial charge in [-0.3, -0.25) is 18.6 Å². The summed E-state index contributed by atoms with van der Waals surface area (Å²) in [6.07, 6.45) is 5.31. The number of imidazole rings is 1. The third kappa shape index (κ3) is 3.27. The first-order valence-corrected chi connectivity index (χ1v) is 8.82. The van der Waals surface area contributed by atoms with Gasteiger partial charge in [-0.05, 0) is 19.1 Å². The second-order valence-electron chi connectivity index (χ2n) is 5.84. The lowest BCUT2D eigenvalue weighted by atomic mass is 10.1. The van der Waals surface area contributed by atoms with Gasteiger partial charge in [-0.15, -0.1) is 11.3 Å². The molecule has 0 aliphatic carbocycles. The second kappa shape index (κ2) is 6.57. The summed E-state index contributed by atoms with van der Waals surface area (Å²) in [5.74, 6) is -0.284. The van der Waals surface area contributed by atoms with E-state index in [1.54, 1.807) is 18.3 Å². The highest BCUT2D eigenvalue weighted by atomic mass is 32.1. The molecule has 8 heteroatoms. The molecule has 4 rings (SSSR count). The van der Waals surface area contributed by atoms with Crippen LogP contribution in [0.5, 0.6) is 0 Å². The highest BCUT2D eigenvalue weighted by Gasteiger charge is 2.08. The van der Waals surface area contributed by atoms with Crippen molar-refractivity contribution in [3.8, 4) is 11.3 Å². The minimum Gasteiger partial charge on any atom is -0.325 e. The van der Waals surface area contributed by atoms with Gasteiger partial charge in [-0.2, -0.15) is 0 Å². The first-order valence-electron chi connectivity index (χ1n) is 7.94. The summed E-state index contributed by atoms with van der Waals surface area (Å²) in [7, 11) is 0. The standard InChI is InChI=1S/C18H15N5O2S/c1-12-8-17(25)23(11-19-12)10-16(24)20-14-4-2-13(3-5-14)15-9-22-6-7-26-18(22)21-15/h2-9,11H,10H2,1H3,(H,20,24). The number of aromatic nitrogens is 4. The van der Waals surface area contributed by atoms with E-state index in [9.17, 15) is 9.59 Å². The number of nitrogens with one attached hydrogen (secondary N) is 1. The van der Waals surface area contributed by atoms with Gasteiger partial charge >= 0.3 is 0 Å². The number of carbonyl (C=O) groups excluding carboxylic acids is 1. The maximum absolute atomic E-state index is 12.1. The van der Waals surface area contributed by atoms with Gasteiger partial charge < -0.3 is 5.32 Å². The van der Waals surface area contributed by atoms with Crippen LogP contribution in [0.25, 0.3) is 16.2 Å². The largest absolute Gasteiger partial charge is 0.325 e. The SMILES string of the molecule is Cc1cc(=O)n(CC(=O)Nc2ccc(-c3cn4ccsc4n3)cc2)cn1. The van der Waals surface area contributed by atoms with Gasteiger partial charge in [0, 0.05) is 40.8 Å². The molecule has 0 aliphatic rings. The first-order chi connectivity index (χ1) is 12.6. The van der Waals surface area contributed by atoms with E-state index in [1.165, 1.54) is 17.0 Å². The number of anilines is 1. The Morgan fingerprint density at radius 2 is 2.08 bits per heavy atom. The minimum atomic E-state index is -0.284. The number of fused-ring (bicyclic) bond motifs is 1. The molecule has 7 nitrogen and oxygen atoms in total. The normalized spacial score (nSPS) is 11.0. The third-order valence-electron chi connectivity index (χ3n) is 3.89. The number of amides is 1. The predicted octanol–water partition coefficient (Wildman–Crippen LogP) is 2.57. The van der Waals surface area contributed by atoms with E-state index in [0.717, 1.165) is 16.2 Å². The lowest BCUT2D eigenvalue weighted by Crippen LogP contribution is -2.27. The molecule has 1 amide bonds. The van der Waals surface area contributed by atoms with Crippen LogP contribution in [0.1, 0.15) is 5.69 Å². The smallest absolute Gasteiger partial charge is 0.253 e. The minimum absolute atomic E-state index is 0.0782. The van der Waals surface area contributed by atoms with Crippen molar-refractivity contribution < 1.29 is 4.79 Å². The molecule has 130 valence electrons. The quantitative estimate of drug-likeness (QED) is 0.603. The van der Waals surface area contributed by atoms with Gasteiger partial charge in [0.25, 0.3) is 5.56 Å². The maximum atomic E-state index is 12.1. The highest BCUT2D eigenvalue weighted by molar-refractivity contribution is 7.15. The Hall–Kier alpha value is -3.26. The van der Waals surface area contributed by atoms with E-state index in [-0.39, 0.29) is 18.0 Å². The van der Waals surface area contributed by atoms with E-state index in [1.807, 2.05) is 46.4 Å². The van der Waals surface area contributed by atoms with Crippen LogP contribution in [-0.4, -0.2) is 24.8 Å². The zero-order valence-corrected chi connectivity index (χ0v) is 14.7. The Balaban J connectivity index is 1.46. The van der Waals surface area contributed by atoms with Crippen molar-refractivity contribution in [2.24, 2.45) is 0 Å². The number of rotatable bonds is 4. The van der Waals surface area contributed by atoms with Crippen molar-refractivity contribution in [1.82, 2.24) is 18.9 Å². The van der Waals surface area contributed by atoms with Crippen LogP contribution in [0.15, 0.2) is 59.2 Å². The molecule has 0 saturated heterocycles. The molecule has 0 atom stereocenters. The van der Waals surface area contributed by atoms with Gasteiger partial charge in [-0.25, -0.2) is 9.97 Å². The van der Waals surface area contributed by atoms with Crippen LogP contribution < -0.4 is 10.9 Å². The average Bonchev–Trinajstić information content (AvgIpc) is 3.20. The van der Waals surface area contributed by atoms with E-state index in [0.29, 0.717) is 11.4 Å². The van der Waals surface area contributed by atoms with Crippen molar-refractivity contribution in [3.05, 3.63) is 70.5 Å². The summed E-state index contributed by atoms with van der Waals surface area (Å²) >= 11 is 1.58. The number of aryl methyl sites for hydroxylation is 1. The number of nitrogens with zero attached hydrogens (tertiary/aromatic N) is 4. The zero-order chi connectivity index (χ0) is 18.1. The Labute approximate surface area is 152 Å². The lowest BCUT2D eigenvalue weighted by Gasteiger charge is -2.07. The van der Waals surface area contributed by atoms with Gasteiger partial charge in [0.15, 0.2) is 4.96 Å². The first kappa shape index (κ1) is 16.2. The number of thiazole rings is 1. The van der Waals surface area contributed by atoms with Crippen molar-refractivity contribution in [2.45, 2.75) is 13.5 Å². The van der Waals surface area contributed by atoms with Gasteiger partial charge in [0.1, 0.15) is 6.54 Å². The summed E-state index contributed by atoms with van der Waals surface area (Å²) in [5.41, 5.74) is 2.89. The molecule has 0 bridgehead atoms. The topological polar surface area (TPSA) is 81.3 Å². The van der Waals surface area contributed by atoms with Crippen LogP contribution in [-0.2, 0) is 11.3 Å². The van der Waals surface area contributed by atoms with Crippen LogP contribution in [0.4, 0.5) is 5.69 Å². The van der Waals surface area contributed by atoms with Crippen molar-refractivity contribution in [3.63, 3.8) is 0 Å². The fraction of sp³-hybridized carbons (Fsp3) is 0.111. The monoisotopic (exact) mass is 365 g/mol. The molecular weight excluding hydrogens is 350 g/mol. The van der Waals surface area contributed by atoms with Crippen LogP contribution in [0, 0.1) is 6.92 Å². The molecule has 3 aromatic heterocycles. The Bertz CT molecular complexity index is 1110. The van der Waals surface area contributed by atoms with Gasteiger partial charge in [0.2, 0.25) is 5.91 Å². The second-order valence-corrected chi connectivity index (χ2v) is 6.71. The summed E-state index contributed by atoms with van der Waals surface area (Å²) in [4.78, 5) is 33.5. The molecule has 0 radical (unpaired) electrons. The summed E-state index contributed by atoms with van der Waals surface area (Å²) in [5, 5.41) is 4.77. The third-order valence-corrected chi connectivity index (χ3v) is 4.66. The van der Waals surface area contributed by atoms with Crippen molar-refractivity contribution >= 4 is 27.9 Å². The molecular formula is C18H15N5O2S. The van der Waals surface area contributed by atoms with Crippen molar-refractivity contribution in [1.29, 1.82) is 0 Å². The van der Waals surface area contributed by atoms with Crippen molar-refractivity contribution in [2.75, 3.05) is 5.32 Å². The Morgan fingerprint density at radius 1 is 1.27 bits per heavy atom. The molecule has 26 heavy (non-hydrogen) atoms. The Morgan fingerprint density at radius 3 is 2.81 bits per heavy atom. The maximum Gasteiger partial charge on any atom is 0.253 e. The molecule has 4 aromatic rings. The van der Waals surface area contributed by atoms with Gasteiger partial charge in [0.05, 0.1) is 12.0 Å². The number of hydrogen-bond donors (Lipinski definition) is 1. The molecule has 0 saturated carbocycles. The summed E-state index contributed by atoms with van der Waals surface area (Å²) in [6.45, 7) is 1.66. The van der Waals surface area contributed by atoms with Crippen LogP contribution in [0.2, 0.25) is 0 Å². The van der Waals surface area contributed by atoms with E-state index >= 15 is 0 Å². The number of benzene rings is 1. The molecule has 0 aliphatic heterocycles. The van der Waals surface area contributed by atoms with Crippen LogP contribution in [0.3, 0.4) is 0 Å². The fourth-order valence-corrected chi connectivity index (χ4v) is 3.28. The molecule has 1 aromatic carbocycles. The highest BCUT2D eigenvalue weighted by Crippen LogP contribution is 2.23. The zero-order valence-electron chi connectivity index (χ0n) is 13.9. The molecule has 3 heterocycles. The number of hydrogen-bond acceptors (Lipinski definition) is 5. The summed E-state index contributed by atoms with van der Waals surface area (Å²) in [6, 6.07) is 8.84. The lowest BCUT2D eigenvalue weighted by molar-refractivity contribution is -0.116. The number of carbonyl (C=O) groups is 1. The van der Waals surface area contributed by atoms with E-state index in [2.05, 4.69) is 15.3 Å². The molecule has 0 unspecified atom stereocenters. The molecule has 0 fully saturated rings. The summed E-state index contributed by atoms with van der Waals surface area (Å²) < 4.78 is 3.25. The molecule has 1 N–H and O–H groups in total. The molecule has 0 spiro atoms. The fourth-order valence-electron chi connectivity index (χ4n) is 2.58.